The molecule has 2 aliphatic rings. The van der Waals surface area contributed by atoms with Crippen molar-refractivity contribution in [1.29, 1.82) is 0 Å². The van der Waals surface area contributed by atoms with Crippen LogP contribution in [0.3, 0.4) is 0 Å². The number of benzene rings is 3. The number of para-hydroxylation sites is 1. The van der Waals surface area contributed by atoms with E-state index in [1.807, 2.05) is 62.4 Å². The van der Waals surface area contributed by atoms with Crippen molar-refractivity contribution in [2.75, 3.05) is 44.4 Å². The Labute approximate surface area is 286 Å². The normalized spacial score (nSPS) is 20.2. The van der Waals surface area contributed by atoms with Crippen molar-refractivity contribution in [2.45, 2.75) is 64.2 Å². The number of carbonyl (C=O) groups is 2. The molecule has 10 heteroatoms. The smallest absolute Gasteiger partial charge is 0.378 e. The Morgan fingerprint density at radius 3 is 2.20 bits per heavy atom. The van der Waals surface area contributed by atoms with E-state index in [1.54, 1.807) is 4.90 Å². The second-order valence-electron chi connectivity index (χ2n) is 14.7. The zero-order valence-electron chi connectivity index (χ0n) is 29.1. The number of rotatable bonds is 9. The van der Waals surface area contributed by atoms with Crippen LogP contribution in [-0.4, -0.2) is 66.4 Å². The summed E-state index contributed by atoms with van der Waals surface area (Å²) in [5.74, 6) is -0.283. The molecule has 1 saturated heterocycles. The number of halogens is 3. The maximum atomic E-state index is 14.8. The number of aromatic nitrogens is 1. The van der Waals surface area contributed by atoms with Crippen LogP contribution in [-0.2, 0) is 22.3 Å². The van der Waals surface area contributed by atoms with E-state index in [2.05, 4.69) is 48.1 Å². The van der Waals surface area contributed by atoms with E-state index in [0.29, 0.717) is 37.2 Å². The SMILES string of the molecule is Cc1[nH]c2ccccc2c1[C@@H]1[C@@H](CC(=O)N(Cc2ccc(C(F)(F)F)cc2)C2(C(=O)Nc3ccc(N(C)C)cc3)CCN(C)CC2)C1(C)C. The first kappa shape index (κ1) is 34.5. The lowest BCUT2D eigenvalue weighted by Gasteiger charge is -2.47. The number of amides is 2. The third-order valence-electron chi connectivity index (χ3n) is 11.0. The van der Waals surface area contributed by atoms with E-state index >= 15 is 0 Å². The van der Waals surface area contributed by atoms with Crippen LogP contribution in [0.5, 0.6) is 0 Å². The van der Waals surface area contributed by atoms with Crippen molar-refractivity contribution in [3.05, 3.63) is 95.2 Å². The Kier molecular flexibility index (Phi) is 9.07. The lowest BCUT2D eigenvalue weighted by atomic mass is 9.83. The molecule has 2 amide bonds. The number of alkyl halides is 3. The average molecular weight is 674 g/mol. The highest BCUT2D eigenvalue weighted by molar-refractivity contribution is 6.01. The molecule has 2 heterocycles. The highest BCUT2D eigenvalue weighted by Crippen LogP contribution is 2.67. The van der Waals surface area contributed by atoms with E-state index in [0.717, 1.165) is 34.4 Å². The summed E-state index contributed by atoms with van der Waals surface area (Å²) in [6.45, 7) is 7.66. The number of fused-ring (bicyclic) bond motifs is 1. The average Bonchev–Trinajstić information content (AvgIpc) is 3.40. The second-order valence-corrected chi connectivity index (χ2v) is 14.7. The lowest BCUT2D eigenvalue weighted by Crippen LogP contribution is -2.62. The molecule has 6 rings (SSSR count). The van der Waals surface area contributed by atoms with Gasteiger partial charge in [0, 0.05) is 68.1 Å². The third kappa shape index (κ3) is 6.67. The minimum Gasteiger partial charge on any atom is -0.378 e. The van der Waals surface area contributed by atoms with Gasteiger partial charge in [0.25, 0.3) is 0 Å². The molecule has 0 unspecified atom stereocenters. The first-order valence-electron chi connectivity index (χ1n) is 16.9. The van der Waals surface area contributed by atoms with Crippen LogP contribution < -0.4 is 10.2 Å². The van der Waals surface area contributed by atoms with Crippen LogP contribution in [0.2, 0.25) is 0 Å². The van der Waals surface area contributed by atoms with Crippen LogP contribution in [0, 0.1) is 18.3 Å². The summed E-state index contributed by atoms with van der Waals surface area (Å²) < 4.78 is 40.4. The van der Waals surface area contributed by atoms with Gasteiger partial charge in [0.15, 0.2) is 0 Å². The molecule has 3 aromatic carbocycles. The number of likely N-dealkylation sites (tertiary alicyclic amines) is 1. The fourth-order valence-corrected chi connectivity index (χ4v) is 7.85. The molecule has 1 aliphatic carbocycles. The number of H-pyrrole nitrogens is 1. The van der Waals surface area contributed by atoms with E-state index in [4.69, 9.17) is 0 Å². The Hall–Kier alpha value is -4.31. The summed E-state index contributed by atoms with van der Waals surface area (Å²) in [7, 11) is 5.87. The Bertz CT molecular complexity index is 1820. The Morgan fingerprint density at radius 1 is 0.959 bits per heavy atom. The zero-order valence-corrected chi connectivity index (χ0v) is 29.1. The molecule has 1 aromatic heterocycles. The monoisotopic (exact) mass is 673 g/mol. The zero-order chi connectivity index (χ0) is 35.3. The standard InChI is InChI=1S/C39H46F3N5O2/c1-25-34(30-9-7-8-10-32(30)43-25)35-31(37(35,2)3)23-33(48)47(24-26-11-13-27(14-12-26)39(40,41)42)38(19-21-46(6)22-20-38)36(49)44-28-15-17-29(18-16-28)45(4)5/h7-18,31,35,43H,19-24H2,1-6H3,(H,44,49)/t31-,35+/m1/s1. The van der Waals surface area contributed by atoms with Crippen LogP contribution in [0.4, 0.5) is 24.5 Å². The molecule has 0 radical (unpaired) electrons. The molecular weight excluding hydrogens is 627 g/mol. The van der Waals surface area contributed by atoms with E-state index < -0.39 is 17.3 Å². The number of aromatic amines is 1. The molecule has 260 valence electrons. The molecule has 4 aromatic rings. The van der Waals surface area contributed by atoms with Gasteiger partial charge in [-0.1, -0.05) is 44.2 Å². The molecule has 0 bridgehead atoms. The van der Waals surface area contributed by atoms with Crippen molar-refractivity contribution in [2.24, 2.45) is 11.3 Å². The number of hydrogen-bond acceptors (Lipinski definition) is 4. The Balaban J connectivity index is 1.35. The quantitative estimate of drug-likeness (QED) is 0.190. The third-order valence-corrected chi connectivity index (χ3v) is 11.0. The molecule has 1 aliphatic heterocycles. The first-order chi connectivity index (χ1) is 23.1. The fraction of sp³-hybridized carbons (Fsp3) is 0.436. The van der Waals surface area contributed by atoms with E-state index in [1.165, 1.54) is 17.7 Å². The van der Waals surface area contributed by atoms with Crippen molar-refractivity contribution < 1.29 is 22.8 Å². The number of piperidine rings is 1. The Morgan fingerprint density at radius 2 is 1.59 bits per heavy atom. The molecular formula is C39H46F3N5O2. The number of aryl methyl sites for hydroxylation is 1. The van der Waals surface area contributed by atoms with Gasteiger partial charge in [0.1, 0.15) is 5.54 Å². The molecule has 2 fully saturated rings. The van der Waals surface area contributed by atoms with Gasteiger partial charge >= 0.3 is 6.18 Å². The van der Waals surface area contributed by atoms with Gasteiger partial charge < -0.3 is 25.0 Å². The van der Waals surface area contributed by atoms with Crippen molar-refractivity contribution in [1.82, 2.24) is 14.8 Å². The number of carbonyl (C=O) groups excluding carboxylic acids is 2. The fourth-order valence-electron chi connectivity index (χ4n) is 7.85. The summed E-state index contributed by atoms with van der Waals surface area (Å²) in [6.07, 6.45) is -3.45. The molecule has 49 heavy (non-hydrogen) atoms. The number of nitrogens with zero attached hydrogens (tertiary/aromatic N) is 3. The van der Waals surface area contributed by atoms with Crippen molar-refractivity contribution in [3.63, 3.8) is 0 Å². The number of nitrogens with one attached hydrogen (secondary N) is 2. The number of anilines is 2. The van der Waals surface area contributed by atoms with Crippen LogP contribution >= 0.6 is 0 Å². The predicted molar refractivity (Wildman–Crippen MR) is 189 cm³/mol. The van der Waals surface area contributed by atoms with Crippen LogP contribution in [0.1, 0.15) is 61.4 Å². The summed E-state index contributed by atoms with van der Waals surface area (Å²) in [6, 6.07) is 20.7. The summed E-state index contributed by atoms with van der Waals surface area (Å²) in [5, 5.41) is 4.26. The van der Waals surface area contributed by atoms with Crippen molar-refractivity contribution in [3.8, 4) is 0 Å². The van der Waals surface area contributed by atoms with Gasteiger partial charge in [0.05, 0.1) is 5.56 Å². The summed E-state index contributed by atoms with van der Waals surface area (Å²) in [5.41, 5.74) is 3.41. The van der Waals surface area contributed by atoms with E-state index in [-0.39, 0.29) is 42.0 Å². The summed E-state index contributed by atoms with van der Waals surface area (Å²) in [4.78, 5) is 38.6. The van der Waals surface area contributed by atoms with Gasteiger partial charge in [-0.25, -0.2) is 0 Å². The minimum absolute atomic E-state index is 0.0254. The largest absolute Gasteiger partial charge is 0.416 e. The molecule has 2 N–H and O–H groups in total. The second kappa shape index (κ2) is 12.9. The van der Waals surface area contributed by atoms with Gasteiger partial charge in [-0.05, 0) is 97.7 Å². The minimum atomic E-state index is -4.47. The van der Waals surface area contributed by atoms with Gasteiger partial charge in [-0.3, -0.25) is 9.59 Å². The first-order valence-corrected chi connectivity index (χ1v) is 16.9. The van der Waals surface area contributed by atoms with Gasteiger partial charge in [0.2, 0.25) is 11.8 Å². The van der Waals surface area contributed by atoms with Crippen LogP contribution in [0.25, 0.3) is 10.9 Å². The highest BCUT2D eigenvalue weighted by atomic mass is 19.4. The van der Waals surface area contributed by atoms with Crippen LogP contribution in [0.15, 0.2) is 72.8 Å². The van der Waals surface area contributed by atoms with Gasteiger partial charge in [-0.2, -0.15) is 13.2 Å². The molecule has 1 saturated carbocycles. The summed E-state index contributed by atoms with van der Waals surface area (Å²) >= 11 is 0. The topological polar surface area (TPSA) is 71.7 Å². The van der Waals surface area contributed by atoms with Crippen molar-refractivity contribution >= 4 is 34.1 Å². The van der Waals surface area contributed by atoms with Gasteiger partial charge in [-0.15, -0.1) is 0 Å². The molecule has 7 nitrogen and oxygen atoms in total. The number of hydrogen-bond donors (Lipinski definition) is 2. The maximum absolute atomic E-state index is 14.8. The van der Waals surface area contributed by atoms with E-state index in [9.17, 15) is 22.8 Å². The highest BCUT2D eigenvalue weighted by Gasteiger charge is 2.60. The molecule has 2 atom stereocenters. The maximum Gasteiger partial charge on any atom is 0.416 e. The molecule has 0 spiro atoms. The lowest BCUT2D eigenvalue weighted by molar-refractivity contribution is -0.150. The predicted octanol–water partition coefficient (Wildman–Crippen LogP) is 7.82.